The Kier molecular flexibility index (Phi) is 7.28. The Hall–Kier alpha value is -3.11. The summed E-state index contributed by atoms with van der Waals surface area (Å²) in [5.74, 6) is -0.219. The van der Waals surface area contributed by atoms with Gasteiger partial charge in [-0.15, -0.1) is 0 Å². The number of amides is 2. The maximum absolute atomic E-state index is 13.3. The molecular weight excluding hydrogens is 446 g/mol. The van der Waals surface area contributed by atoms with E-state index in [1.807, 2.05) is 20.8 Å². The Morgan fingerprint density at radius 1 is 1.36 bits per heavy atom. The summed E-state index contributed by atoms with van der Waals surface area (Å²) in [5, 5.41) is 20.4. The van der Waals surface area contributed by atoms with Crippen molar-refractivity contribution < 1.29 is 14.7 Å². The minimum Gasteiger partial charge on any atom is -0.390 e. The van der Waals surface area contributed by atoms with Crippen LogP contribution in [0.5, 0.6) is 0 Å². The molecule has 33 heavy (non-hydrogen) atoms. The van der Waals surface area contributed by atoms with Crippen LogP contribution in [0.25, 0.3) is 0 Å². The summed E-state index contributed by atoms with van der Waals surface area (Å²) in [6, 6.07) is 1.69. The lowest BCUT2D eigenvalue weighted by atomic mass is 9.98. The molecule has 1 aliphatic heterocycles. The Labute approximate surface area is 198 Å². The van der Waals surface area contributed by atoms with Crippen LogP contribution in [0, 0.1) is 13.8 Å². The van der Waals surface area contributed by atoms with Gasteiger partial charge in [0.05, 0.1) is 24.4 Å². The van der Waals surface area contributed by atoms with Crippen LogP contribution in [0.3, 0.4) is 0 Å². The Balaban J connectivity index is 1.73. The van der Waals surface area contributed by atoms with Crippen LogP contribution >= 0.6 is 11.6 Å². The first kappa shape index (κ1) is 24.5. The number of carbonyl (C=O) groups is 2. The predicted octanol–water partition coefficient (Wildman–Crippen LogP) is 1.77. The van der Waals surface area contributed by atoms with E-state index in [4.69, 9.17) is 17.3 Å². The first-order chi connectivity index (χ1) is 15.5. The molecular formula is C22H30ClN7O3. The molecule has 0 bridgehead atoms. The number of pyridine rings is 1. The average molecular weight is 476 g/mol. The van der Waals surface area contributed by atoms with Crippen LogP contribution in [-0.2, 0) is 29.8 Å². The SMILES string of the molecule is CC1=C(CC(=O)NCc2c(C)cc(N)nc2CO)C(=O)N(N(C)c2c(C)nn(C)c2Cl)CC1. The summed E-state index contributed by atoms with van der Waals surface area (Å²) in [6.45, 7) is 5.93. The number of carbonyl (C=O) groups excluding carboxylic acids is 2. The van der Waals surface area contributed by atoms with Gasteiger partial charge in [-0.2, -0.15) is 5.10 Å². The van der Waals surface area contributed by atoms with Crippen molar-refractivity contribution in [2.24, 2.45) is 7.05 Å². The predicted molar refractivity (Wildman–Crippen MR) is 126 cm³/mol. The Morgan fingerprint density at radius 2 is 2.06 bits per heavy atom. The molecule has 0 spiro atoms. The number of rotatable bonds is 7. The smallest absolute Gasteiger partial charge is 0.268 e. The highest BCUT2D eigenvalue weighted by atomic mass is 35.5. The number of nitrogens with one attached hydrogen (secondary N) is 1. The van der Waals surface area contributed by atoms with Crippen LogP contribution in [0.4, 0.5) is 11.5 Å². The first-order valence-electron chi connectivity index (χ1n) is 10.6. The van der Waals surface area contributed by atoms with E-state index in [1.165, 1.54) is 0 Å². The van der Waals surface area contributed by atoms with Gasteiger partial charge in [-0.05, 0) is 44.4 Å². The largest absolute Gasteiger partial charge is 0.390 e. The van der Waals surface area contributed by atoms with Gasteiger partial charge in [0.2, 0.25) is 5.91 Å². The number of hydrogen-bond donors (Lipinski definition) is 3. The fourth-order valence-electron chi connectivity index (χ4n) is 4.06. The molecule has 2 aromatic rings. The van der Waals surface area contributed by atoms with Crippen LogP contribution in [0.2, 0.25) is 5.15 Å². The summed E-state index contributed by atoms with van der Waals surface area (Å²) >= 11 is 6.39. The number of hydrazine groups is 1. The molecule has 0 saturated heterocycles. The lowest BCUT2D eigenvalue weighted by Gasteiger charge is -2.37. The molecule has 4 N–H and O–H groups in total. The number of aryl methyl sites for hydroxylation is 3. The summed E-state index contributed by atoms with van der Waals surface area (Å²) in [4.78, 5) is 30.2. The molecule has 0 atom stereocenters. The minimum atomic E-state index is -0.294. The highest BCUT2D eigenvalue weighted by Crippen LogP contribution is 2.32. The van der Waals surface area contributed by atoms with E-state index in [0.717, 1.165) is 11.1 Å². The molecule has 3 rings (SSSR count). The molecule has 0 aliphatic carbocycles. The van der Waals surface area contributed by atoms with E-state index in [2.05, 4.69) is 15.4 Å². The molecule has 0 radical (unpaired) electrons. The molecule has 0 saturated carbocycles. The third-order valence-electron chi connectivity index (χ3n) is 5.92. The van der Waals surface area contributed by atoms with E-state index in [9.17, 15) is 14.7 Å². The molecule has 2 amide bonds. The van der Waals surface area contributed by atoms with E-state index in [-0.39, 0.29) is 31.4 Å². The highest BCUT2D eigenvalue weighted by molar-refractivity contribution is 6.32. The molecule has 1 aliphatic rings. The van der Waals surface area contributed by atoms with Gasteiger partial charge >= 0.3 is 0 Å². The van der Waals surface area contributed by atoms with Gasteiger partial charge in [0, 0.05) is 32.8 Å². The van der Waals surface area contributed by atoms with Gasteiger partial charge in [-0.3, -0.25) is 19.3 Å². The lowest BCUT2D eigenvalue weighted by molar-refractivity contribution is -0.130. The molecule has 10 nitrogen and oxygen atoms in total. The molecule has 11 heteroatoms. The molecule has 0 aromatic carbocycles. The van der Waals surface area contributed by atoms with Gasteiger partial charge in [0.1, 0.15) is 11.5 Å². The second kappa shape index (κ2) is 9.80. The summed E-state index contributed by atoms with van der Waals surface area (Å²) in [5.41, 5.74) is 10.4. The molecule has 2 aromatic heterocycles. The number of halogens is 1. The van der Waals surface area contributed by atoms with Crippen LogP contribution < -0.4 is 16.1 Å². The molecule has 0 fully saturated rings. The van der Waals surface area contributed by atoms with Crippen molar-refractivity contribution in [2.75, 3.05) is 24.3 Å². The number of nitrogens with zero attached hydrogens (tertiary/aromatic N) is 5. The van der Waals surface area contributed by atoms with E-state index < -0.39 is 0 Å². The van der Waals surface area contributed by atoms with Crippen molar-refractivity contribution in [1.29, 1.82) is 0 Å². The molecule has 0 unspecified atom stereocenters. The second-order valence-electron chi connectivity index (χ2n) is 8.21. The van der Waals surface area contributed by atoms with Gasteiger partial charge in [-0.25, -0.2) is 9.99 Å². The summed E-state index contributed by atoms with van der Waals surface area (Å²) < 4.78 is 1.56. The van der Waals surface area contributed by atoms with Crippen LogP contribution in [0.1, 0.15) is 42.3 Å². The maximum Gasteiger partial charge on any atom is 0.268 e. The van der Waals surface area contributed by atoms with Crippen molar-refractivity contribution in [2.45, 2.75) is 46.8 Å². The van der Waals surface area contributed by atoms with Crippen molar-refractivity contribution in [3.8, 4) is 0 Å². The quantitative estimate of drug-likeness (QED) is 0.556. The normalized spacial score (nSPS) is 14.2. The standard InChI is InChI=1S/C22H30ClN7O3/c1-12-6-7-30(29(5)20-14(3)27-28(4)21(20)23)22(33)15(12)9-19(32)25-10-16-13(2)8-18(24)26-17(16)11-31/h8,31H,6-7,9-11H2,1-5H3,(H2,24,26)(H,25,32). The Morgan fingerprint density at radius 3 is 2.67 bits per heavy atom. The Bertz CT molecular complexity index is 1130. The number of hydrogen-bond acceptors (Lipinski definition) is 7. The van der Waals surface area contributed by atoms with Gasteiger partial charge < -0.3 is 16.2 Å². The molecule has 178 valence electrons. The fraction of sp³-hybridized carbons (Fsp3) is 0.455. The number of aromatic nitrogens is 3. The average Bonchev–Trinajstić information content (AvgIpc) is 3.00. The highest BCUT2D eigenvalue weighted by Gasteiger charge is 2.31. The third-order valence-corrected chi connectivity index (χ3v) is 6.34. The minimum absolute atomic E-state index is 0.0509. The van der Waals surface area contributed by atoms with Crippen molar-refractivity contribution in [3.05, 3.63) is 44.9 Å². The number of nitrogens with two attached hydrogens (primary N) is 1. The second-order valence-corrected chi connectivity index (χ2v) is 8.57. The number of anilines is 2. The van der Waals surface area contributed by atoms with Crippen LogP contribution in [-0.4, -0.2) is 50.3 Å². The van der Waals surface area contributed by atoms with Gasteiger partial charge in [-0.1, -0.05) is 17.2 Å². The van der Waals surface area contributed by atoms with Crippen LogP contribution in [0.15, 0.2) is 17.2 Å². The van der Waals surface area contributed by atoms with E-state index in [0.29, 0.717) is 52.1 Å². The zero-order chi connectivity index (χ0) is 24.4. The number of aliphatic hydroxyl groups is 1. The topological polar surface area (TPSA) is 130 Å². The third kappa shape index (κ3) is 4.96. The van der Waals surface area contributed by atoms with Crippen molar-refractivity contribution >= 4 is 34.9 Å². The monoisotopic (exact) mass is 475 g/mol. The van der Waals surface area contributed by atoms with E-state index in [1.54, 1.807) is 34.9 Å². The number of nitrogen functional groups attached to an aromatic ring is 1. The van der Waals surface area contributed by atoms with Crippen molar-refractivity contribution in [1.82, 2.24) is 25.1 Å². The lowest BCUT2D eigenvalue weighted by Crippen LogP contribution is -2.48. The number of aliphatic hydroxyl groups excluding tert-OH is 1. The summed E-state index contributed by atoms with van der Waals surface area (Å²) in [6.07, 6.45) is 0.593. The van der Waals surface area contributed by atoms with Gasteiger partial charge in [0.15, 0.2) is 5.15 Å². The fourth-order valence-corrected chi connectivity index (χ4v) is 4.36. The van der Waals surface area contributed by atoms with Crippen molar-refractivity contribution in [3.63, 3.8) is 0 Å². The summed E-state index contributed by atoms with van der Waals surface area (Å²) in [7, 11) is 3.50. The van der Waals surface area contributed by atoms with Gasteiger partial charge in [0.25, 0.3) is 5.91 Å². The maximum atomic E-state index is 13.3. The zero-order valence-corrected chi connectivity index (χ0v) is 20.3. The first-order valence-corrected chi connectivity index (χ1v) is 11.0. The zero-order valence-electron chi connectivity index (χ0n) is 19.6. The molecule has 3 heterocycles. The van der Waals surface area contributed by atoms with E-state index >= 15 is 0 Å².